The van der Waals surface area contributed by atoms with Gasteiger partial charge >= 0.3 is 6.09 Å². The molecule has 0 aromatic carbocycles. The van der Waals surface area contributed by atoms with Gasteiger partial charge in [-0.05, 0) is 25.1 Å². The molecule has 1 amide bonds. The molecule has 6 nitrogen and oxygen atoms in total. The zero-order valence-corrected chi connectivity index (χ0v) is 8.40. The van der Waals surface area contributed by atoms with Crippen LogP contribution in [0.15, 0.2) is 12.1 Å². The van der Waals surface area contributed by atoms with Gasteiger partial charge in [0.05, 0.1) is 5.69 Å². The van der Waals surface area contributed by atoms with Gasteiger partial charge in [-0.3, -0.25) is 0 Å². The normalized spacial score (nSPS) is 24.3. The molecule has 0 aliphatic carbocycles. The lowest BCUT2D eigenvalue weighted by Gasteiger charge is -2.26. The highest BCUT2D eigenvalue weighted by atomic mass is 19.1. The largest absolute Gasteiger partial charge is 0.465 e. The van der Waals surface area contributed by atoms with Gasteiger partial charge in [-0.2, -0.15) is 9.49 Å². The maximum atomic E-state index is 12.6. The third kappa shape index (κ3) is 1.94. The fraction of sp³-hybridized carbons (Fsp3) is 0.444. The summed E-state index contributed by atoms with van der Waals surface area (Å²) in [5.74, 6) is -0.680. The minimum atomic E-state index is -1.13. The zero-order chi connectivity index (χ0) is 11.6. The molecule has 1 aliphatic heterocycles. The van der Waals surface area contributed by atoms with Crippen molar-refractivity contribution in [2.75, 3.05) is 13.1 Å². The van der Waals surface area contributed by atoms with Crippen LogP contribution < -0.4 is 10.6 Å². The summed E-state index contributed by atoms with van der Waals surface area (Å²) in [6.07, 6.45) is -0.561. The first-order valence-electron chi connectivity index (χ1n) is 4.84. The molecule has 0 bridgehead atoms. The molecule has 0 saturated carbocycles. The minimum Gasteiger partial charge on any atom is -0.465 e. The van der Waals surface area contributed by atoms with Crippen LogP contribution in [0.2, 0.25) is 0 Å². The summed E-state index contributed by atoms with van der Waals surface area (Å²) in [5.41, 5.74) is -0.367. The van der Waals surface area contributed by atoms with Gasteiger partial charge in [0.25, 0.3) is 0 Å². The molecule has 0 radical (unpaired) electrons. The minimum absolute atomic E-state index is 0.430. The number of halogens is 1. The van der Waals surface area contributed by atoms with E-state index in [9.17, 15) is 9.18 Å². The standard InChI is InChI=1S/C9H11FN4O2/c10-7-2-1-6(13-14-7)9(12-8(15)16)3-4-11-5-9/h1-2,11-12H,3-5H2,(H,15,16)/t9-/m1/s1. The number of nitrogens with one attached hydrogen (secondary N) is 2. The Morgan fingerprint density at radius 1 is 1.56 bits per heavy atom. The predicted molar refractivity (Wildman–Crippen MR) is 52.3 cm³/mol. The average molecular weight is 226 g/mol. The Kier molecular flexibility index (Phi) is 2.69. The molecule has 7 heteroatoms. The van der Waals surface area contributed by atoms with Gasteiger partial charge in [0.15, 0.2) is 0 Å². The molecule has 86 valence electrons. The second kappa shape index (κ2) is 4.01. The van der Waals surface area contributed by atoms with Crippen LogP contribution in [0.4, 0.5) is 9.18 Å². The second-order valence-corrected chi connectivity index (χ2v) is 3.68. The smallest absolute Gasteiger partial charge is 0.405 e. The molecular formula is C9H11FN4O2. The van der Waals surface area contributed by atoms with Crippen molar-refractivity contribution in [1.29, 1.82) is 0 Å². The van der Waals surface area contributed by atoms with E-state index in [1.165, 1.54) is 12.1 Å². The Bertz CT molecular complexity index is 389. The van der Waals surface area contributed by atoms with Gasteiger partial charge < -0.3 is 15.7 Å². The van der Waals surface area contributed by atoms with Crippen LogP contribution in [-0.4, -0.2) is 34.5 Å². The molecule has 2 heterocycles. The monoisotopic (exact) mass is 226 g/mol. The third-order valence-electron chi connectivity index (χ3n) is 2.62. The molecule has 1 aliphatic rings. The van der Waals surface area contributed by atoms with Crippen LogP contribution in [0, 0.1) is 5.95 Å². The topological polar surface area (TPSA) is 87.1 Å². The lowest BCUT2D eigenvalue weighted by molar-refractivity contribution is 0.178. The molecule has 1 saturated heterocycles. The predicted octanol–water partition coefficient (Wildman–Crippen LogP) is 0.0719. The number of aromatic nitrogens is 2. The molecular weight excluding hydrogens is 215 g/mol. The van der Waals surface area contributed by atoms with Crippen molar-refractivity contribution in [2.45, 2.75) is 12.0 Å². The van der Waals surface area contributed by atoms with Crippen LogP contribution in [0.3, 0.4) is 0 Å². The van der Waals surface area contributed by atoms with E-state index in [0.717, 1.165) is 0 Å². The number of amides is 1. The Morgan fingerprint density at radius 3 is 2.88 bits per heavy atom. The van der Waals surface area contributed by atoms with E-state index in [-0.39, 0.29) is 0 Å². The van der Waals surface area contributed by atoms with E-state index in [4.69, 9.17) is 5.11 Å². The maximum absolute atomic E-state index is 12.6. The molecule has 1 aromatic heterocycles. The van der Waals surface area contributed by atoms with E-state index in [2.05, 4.69) is 20.8 Å². The van der Waals surface area contributed by atoms with Crippen LogP contribution >= 0.6 is 0 Å². The number of hydrogen-bond acceptors (Lipinski definition) is 4. The Labute approximate surface area is 90.9 Å². The quantitative estimate of drug-likeness (QED) is 0.664. The maximum Gasteiger partial charge on any atom is 0.405 e. The number of carbonyl (C=O) groups is 1. The van der Waals surface area contributed by atoms with Crippen LogP contribution in [0.25, 0.3) is 0 Å². The SMILES string of the molecule is O=C(O)N[C@]1(c2ccc(F)nn2)CCNC1. The van der Waals surface area contributed by atoms with Crippen molar-refractivity contribution >= 4 is 6.09 Å². The highest BCUT2D eigenvalue weighted by molar-refractivity contribution is 5.66. The first kappa shape index (κ1) is 10.7. The fourth-order valence-electron chi connectivity index (χ4n) is 1.86. The summed E-state index contributed by atoms with van der Waals surface area (Å²) in [7, 11) is 0. The van der Waals surface area contributed by atoms with Gasteiger partial charge in [-0.1, -0.05) is 0 Å². The molecule has 16 heavy (non-hydrogen) atoms. The van der Waals surface area contributed by atoms with Gasteiger partial charge in [0, 0.05) is 6.54 Å². The molecule has 0 spiro atoms. The summed E-state index contributed by atoms with van der Waals surface area (Å²) in [6, 6.07) is 2.62. The first-order chi connectivity index (χ1) is 7.62. The highest BCUT2D eigenvalue weighted by Gasteiger charge is 2.38. The van der Waals surface area contributed by atoms with E-state index in [1.54, 1.807) is 0 Å². The summed E-state index contributed by atoms with van der Waals surface area (Å²) in [6.45, 7) is 1.11. The van der Waals surface area contributed by atoms with Crippen molar-refractivity contribution in [2.24, 2.45) is 0 Å². The molecule has 1 aromatic rings. The number of rotatable bonds is 2. The van der Waals surface area contributed by atoms with Gasteiger partial charge in [-0.25, -0.2) is 4.79 Å². The Morgan fingerprint density at radius 2 is 2.38 bits per heavy atom. The van der Waals surface area contributed by atoms with Gasteiger partial charge in [0.2, 0.25) is 5.95 Å². The second-order valence-electron chi connectivity index (χ2n) is 3.68. The number of hydrogen-bond donors (Lipinski definition) is 3. The molecule has 1 atom stereocenters. The zero-order valence-electron chi connectivity index (χ0n) is 8.40. The van der Waals surface area contributed by atoms with Crippen molar-refractivity contribution in [1.82, 2.24) is 20.8 Å². The summed E-state index contributed by atoms with van der Waals surface area (Å²) < 4.78 is 12.6. The Hall–Kier alpha value is -1.76. The summed E-state index contributed by atoms with van der Waals surface area (Å²) in [5, 5.41) is 21.3. The van der Waals surface area contributed by atoms with Crippen LogP contribution in [0.1, 0.15) is 12.1 Å². The van der Waals surface area contributed by atoms with Crippen molar-refractivity contribution in [3.8, 4) is 0 Å². The average Bonchev–Trinajstić information content (AvgIpc) is 2.67. The molecule has 3 N–H and O–H groups in total. The number of nitrogens with zero attached hydrogens (tertiary/aromatic N) is 2. The van der Waals surface area contributed by atoms with Crippen molar-refractivity contribution < 1.29 is 14.3 Å². The lowest BCUT2D eigenvalue weighted by Crippen LogP contribution is -2.47. The fourth-order valence-corrected chi connectivity index (χ4v) is 1.86. The third-order valence-corrected chi connectivity index (χ3v) is 2.62. The first-order valence-corrected chi connectivity index (χ1v) is 4.84. The van der Waals surface area contributed by atoms with E-state index >= 15 is 0 Å². The van der Waals surface area contributed by atoms with Crippen LogP contribution in [-0.2, 0) is 5.54 Å². The highest BCUT2D eigenvalue weighted by Crippen LogP contribution is 2.25. The van der Waals surface area contributed by atoms with Gasteiger partial charge in [-0.15, -0.1) is 5.10 Å². The summed E-state index contributed by atoms with van der Waals surface area (Å²) in [4.78, 5) is 10.7. The molecule has 0 unspecified atom stereocenters. The van der Waals surface area contributed by atoms with Gasteiger partial charge in [0.1, 0.15) is 5.54 Å². The Balaban J connectivity index is 2.31. The van der Waals surface area contributed by atoms with E-state index < -0.39 is 17.6 Å². The van der Waals surface area contributed by atoms with E-state index in [1.807, 2.05) is 0 Å². The summed E-state index contributed by atoms with van der Waals surface area (Å²) >= 11 is 0. The lowest BCUT2D eigenvalue weighted by atomic mass is 9.94. The number of carboxylic acid groups (broad SMARTS) is 1. The van der Waals surface area contributed by atoms with Crippen LogP contribution in [0.5, 0.6) is 0 Å². The molecule has 2 rings (SSSR count). The van der Waals surface area contributed by atoms with Crippen molar-refractivity contribution in [3.63, 3.8) is 0 Å². The van der Waals surface area contributed by atoms with Crippen molar-refractivity contribution in [3.05, 3.63) is 23.8 Å². The molecule has 1 fully saturated rings. The van der Waals surface area contributed by atoms with E-state index in [0.29, 0.717) is 25.2 Å².